The van der Waals surface area contributed by atoms with Gasteiger partial charge in [-0.15, -0.1) is 0 Å². The Morgan fingerprint density at radius 2 is 1.86 bits per heavy atom. The molecule has 0 aromatic carbocycles. The maximum absolute atomic E-state index is 12.2. The van der Waals surface area contributed by atoms with Crippen molar-refractivity contribution < 1.29 is 14.6 Å². The summed E-state index contributed by atoms with van der Waals surface area (Å²) in [5, 5.41) is 11.2. The number of carbonyl (C=O) groups excluding carboxylic acids is 1. The minimum atomic E-state index is -0.897. The number of ether oxygens (including phenoxy) is 1. The fourth-order valence-electron chi connectivity index (χ4n) is 3.95. The van der Waals surface area contributed by atoms with Crippen LogP contribution < -0.4 is 5.73 Å². The van der Waals surface area contributed by atoms with Crippen molar-refractivity contribution in [2.45, 2.75) is 83.5 Å². The van der Waals surface area contributed by atoms with Crippen molar-refractivity contribution >= 4 is 6.09 Å². The predicted molar refractivity (Wildman–Crippen MR) is 86.5 cm³/mol. The second kappa shape index (κ2) is 5.38. The van der Waals surface area contributed by atoms with E-state index >= 15 is 0 Å². The third-order valence-electron chi connectivity index (χ3n) is 5.09. The van der Waals surface area contributed by atoms with E-state index in [1.165, 1.54) is 0 Å². The Hall–Kier alpha value is -0.810. The lowest BCUT2D eigenvalue weighted by molar-refractivity contribution is -0.0924. The molecule has 2 unspecified atom stereocenters. The highest BCUT2D eigenvalue weighted by atomic mass is 16.6. The fraction of sp³-hybridized carbons (Fsp3) is 0.941. The molecule has 1 aliphatic carbocycles. The summed E-state index contributed by atoms with van der Waals surface area (Å²) in [4.78, 5) is 13.9. The van der Waals surface area contributed by atoms with Crippen LogP contribution in [0.15, 0.2) is 0 Å². The molecule has 1 saturated heterocycles. The van der Waals surface area contributed by atoms with Gasteiger partial charge in [-0.3, -0.25) is 0 Å². The highest BCUT2D eigenvalue weighted by Gasteiger charge is 2.55. The molecule has 128 valence electrons. The van der Waals surface area contributed by atoms with Crippen LogP contribution in [0.4, 0.5) is 4.79 Å². The Bertz CT molecular complexity index is 444. The summed E-state index contributed by atoms with van der Waals surface area (Å²) in [6.45, 7) is 10.8. The minimum Gasteiger partial charge on any atom is -0.444 e. The van der Waals surface area contributed by atoms with E-state index in [0.29, 0.717) is 25.9 Å². The zero-order chi connectivity index (χ0) is 16.8. The molecule has 22 heavy (non-hydrogen) atoms. The van der Waals surface area contributed by atoms with Gasteiger partial charge in [0.15, 0.2) is 0 Å². The number of nitrogens with zero attached hydrogens (tertiary/aromatic N) is 1. The SMILES string of the molecule is CC1(C)CCCC(O)(C2(N)CCN(C(=O)OC(C)(C)C)C2)C1. The number of rotatable bonds is 1. The average Bonchev–Trinajstić information content (AvgIpc) is 2.70. The first-order valence-corrected chi connectivity index (χ1v) is 8.35. The molecule has 0 aromatic heterocycles. The van der Waals surface area contributed by atoms with Crippen molar-refractivity contribution in [3.63, 3.8) is 0 Å². The lowest BCUT2D eigenvalue weighted by Crippen LogP contribution is -2.64. The minimum absolute atomic E-state index is 0.0959. The van der Waals surface area contributed by atoms with E-state index in [-0.39, 0.29) is 11.5 Å². The number of hydrogen-bond donors (Lipinski definition) is 2. The third-order valence-corrected chi connectivity index (χ3v) is 5.09. The number of likely N-dealkylation sites (tertiary alicyclic amines) is 1. The number of nitrogens with two attached hydrogens (primary N) is 1. The second-order valence-electron chi connectivity index (χ2n) is 9.03. The summed E-state index contributed by atoms with van der Waals surface area (Å²) in [6, 6.07) is 0. The molecular formula is C17H32N2O3. The van der Waals surface area contributed by atoms with E-state index in [0.717, 1.165) is 19.3 Å². The topological polar surface area (TPSA) is 75.8 Å². The zero-order valence-corrected chi connectivity index (χ0v) is 14.7. The quantitative estimate of drug-likeness (QED) is 0.780. The van der Waals surface area contributed by atoms with Crippen LogP contribution >= 0.6 is 0 Å². The van der Waals surface area contributed by atoms with Gasteiger partial charge in [0.2, 0.25) is 0 Å². The predicted octanol–water partition coefficient (Wildman–Crippen LogP) is 2.66. The molecule has 1 saturated carbocycles. The van der Waals surface area contributed by atoms with Crippen LogP contribution in [-0.4, -0.2) is 45.9 Å². The van der Waals surface area contributed by atoms with Crippen molar-refractivity contribution in [3.05, 3.63) is 0 Å². The standard InChI is InChI=1S/C17H32N2O3/c1-14(2,3)22-13(20)19-10-9-16(18,12-19)17(21)8-6-7-15(4,5)11-17/h21H,6-12,18H2,1-5H3. The van der Waals surface area contributed by atoms with Gasteiger partial charge in [0.1, 0.15) is 5.60 Å². The number of aliphatic hydroxyl groups is 1. The zero-order valence-electron chi connectivity index (χ0n) is 14.7. The normalized spacial score (nSPS) is 35.5. The van der Waals surface area contributed by atoms with Crippen molar-refractivity contribution in [2.24, 2.45) is 11.1 Å². The third kappa shape index (κ3) is 3.57. The molecule has 1 aliphatic heterocycles. The lowest BCUT2D eigenvalue weighted by atomic mass is 9.62. The van der Waals surface area contributed by atoms with E-state index in [1.807, 2.05) is 20.8 Å². The molecule has 2 aliphatic rings. The summed E-state index contributed by atoms with van der Waals surface area (Å²) in [5.74, 6) is 0. The molecule has 0 bridgehead atoms. The Labute approximate surface area is 134 Å². The summed E-state index contributed by atoms with van der Waals surface area (Å²) >= 11 is 0. The Morgan fingerprint density at radius 3 is 2.41 bits per heavy atom. The summed E-state index contributed by atoms with van der Waals surface area (Å²) in [6.07, 6.45) is 3.79. The largest absolute Gasteiger partial charge is 0.444 e. The van der Waals surface area contributed by atoms with Crippen molar-refractivity contribution in [2.75, 3.05) is 13.1 Å². The maximum atomic E-state index is 12.2. The molecule has 2 atom stereocenters. The first kappa shape index (κ1) is 17.5. The van der Waals surface area contributed by atoms with Gasteiger partial charge in [-0.25, -0.2) is 4.79 Å². The van der Waals surface area contributed by atoms with E-state index < -0.39 is 16.7 Å². The molecule has 1 amide bonds. The van der Waals surface area contributed by atoms with Crippen LogP contribution in [0.3, 0.4) is 0 Å². The molecule has 0 aromatic rings. The van der Waals surface area contributed by atoms with Crippen LogP contribution in [-0.2, 0) is 4.74 Å². The van der Waals surface area contributed by atoms with E-state index in [2.05, 4.69) is 13.8 Å². The lowest BCUT2D eigenvalue weighted by Gasteiger charge is -2.49. The van der Waals surface area contributed by atoms with Gasteiger partial charge in [-0.2, -0.15) is 0 Å². The molecule has 5 heteroatoms. The fourth-order valence-corrected chi connectivity index (χ4v) is 3.95. The second-order valence-corrected chi connectivity index (χ2v) is 9.03. The van der Waals surface area contributed by atoms with Gasteiger partial charge in [0, 0.05) is 13.1 Å². The molecular weight excluding hydrogens is 280 g/mol. The smallest absolute Gasteiger partial charge is 0.410 e. The van der Waals surface area contributed by atoms with Gasteiger partial charge in [0.05, 0.1) is 11.1 Å². The highest BCUT2D eigenvalue weighted by molar-refractivity contribution is 5.68. The Balaban J connectivity index is 2.08. The van der Waals surface area contributed by atoms with Gasteiger partial charge < -0.3 is 20.5 Å². The highest BCUT2D eigenvalue weighted by Crippen LogP contribution is 2.47. The monoisotopic (exact) mass is 312 g/mol. The summed E-state index contributed by atoms with van der Waals surface area (Å²) in [7, 11) is 0. The van der Waals surface area contributed by atoms with Gasteiger partial charge in [-0.1, -0.05) is 13.8 Å². The number of carbonyl (C=O) groups is 1. The van der Waals surface area contributed by atoms with E-state index in [9.17, 15) is 9.90 Å². The summed E-state index contributed by atoms with van der Waals surface area (Å²) < 4.78 is 5.43. The van der Waals surface area contributed by atoms with Crippen LogP contribution in [0.5, 0.6) is 0 Å². The average molecular weight is 312 g/mol. The van der Waals surface area contributed by atoms with Crippen molar-refractivity contribution in [1.29, 1.82) is 0 Å². The molecule has 3 N–H and O–H groups in total. The molecule has 2 fully saturated rings. The van der Waals surface area contributed by atoms with E-state index in [4.69, 9.17) is 10.5 Å². The number of amides is 1. The van der Waals surface area contributed by atoms with Gasteiger partial charge >= 0.3 is 6.09 Å². The molecule has 2 rings (SSSR count). The first-order valence-electron chi connectivity index (χ1n) is 8.35. The van der Waals surface area contributed by atoms with Crippen LogP contribution in [0.1, 0.15) is 66.7 Å². The van der Waals surface area contributed by atoms with Crippen LogP contribution in [0.25, 0.3) is 0 Å². The van der Waals surface area contributed by atoms with Crippen molar-refractivity contribution in [1.82, 2.24) is 4.90 Å². The Kier molecular flexibility index (Phi) is 4.29. The molecule has 1 heterocycles. The van der Waals surface area contributed by atoms with Crippen LogP contribution in [0.2, 0.25) is 0 Å². The maximum Gasteiger partial charge on any atom is 0.410 e. The van der Waals surface area contributed by atoms with Gasteiger partial charge in [0.25, 0.3) is 0 Å². The first-order chi connectivity index (χ1) is 9.86. The van der Waals surface area contributed by atoms with Crippen molar-refractivity contribution in [3.8, 4) is 0 Å². The summed E-state index contributed by atoms with van der Waals surface area (Å²) in [5.41, 5.74) is 4.53. The molecule has 5 nitrogen and oxygen atoms in total. The van der Waals surface area contributed by atoms with E-state index in [1.54, 1.807) is 4.90 Å². The Morgan fingerprint density at radius 1 is 1.23 bits per heavy atom. The number of hydrogen-bond acceptors (Lipinski definition) is 4. The van der Waals surface area contributed by atoms with Crippen LogP contribution in [0, 0.1) is 5.41 Å². The molecule has 0 radical (unpaired) electrons. The molecule has 0 spiro atoms. The van der Waals surface area contributed by atoms with Gasteiger partial charge in [-0.05, 0) is 58.3 Å².